The van der Waals surface area contributed by atoms with Crippen LogP contribution in [-0.4, -0.2) is 28.7 Å². The third kappa shape index (κ3) is 5.41. The first-order valence-corrected chi connectivity index (χ1v) is 21.3. The lowest BCUT2D eigenvalue weighted by Crippen LogP contribution is -2.08. The van der Waals surface area contributed by atoms with Gasteiger partial charge < -0.3 is 9.13 Å². The molecule has 63 heavy (non-hydrogen) atoms. The molecule has 0 N–H and O–H groups in total. The van der Waals surface area contributed by atoms with Gasteiger partial charge >= 0.3 is 0 Å². The fraction of sp³-hybridized carbons (Fsp3) is 0. The molecule has 4 heterocycles. The summed E-state index contributed by atoms with van der Waals surface area (Å²) in [5, 5.41) is 6.97. The predicted octanol–water partition coefficient (Wildman–Crippen LogP) is 14.2. The Morgan fingerprint density at radius 1 is 0.286 bits per heavy atom. The SMILES string of the molecule is c1ccc(-c2cccc(-c3nc(-c4ccccc4)nc(-n4c5ccccc5c5c4c(-n4c6ccccc6c6ccccc64)cc4c6ccccc6n(-c6ccccc6)c45)n3)c2)cc1. The van der Waals surface area contributed by atoms with Gasteiger partial charge in [0.1, 0.15) is 0 Å². The molecule has 0 aliphatic heterocycles. The molecule has 4 aromatic heterocycles. The molecule has 0 atom stereocenters. The number of fused-ring (bicyclic) bond motifs is 10. The molecule has 0 bridgehead atoms. The molecule has 0 saturated heterocycles. The van der Waals surface area contributed by atoms with Gasteiger partial charge in [-0.3, -0.25) is 4.57 Å². The van der Waals surface area contributed by atoms with Crippen LogP contribution in [0.15, 0.2) is 218 Å². The van der Waals surface area contributed by atoms with Crippen LogP contribution < -0.4 is 0 Å². The first-order valence-electron chi connectivity index (χ1n) is 21.3. The molecule has 6 heteroatoms. The fourth-order valence-corrected chi connectivity index (χ4v) is 9.77. The van der Waals surface area contributed by atoms with E-state index in [1.54, 1.807) is 0 Å². The van der Waals surface area contributed by atoms with Gasteiger partial charge in [0, 0.05) is 49.1 Å². The van der Waals surface area contributed by atoms with Crippen molar-refractivity contribution in [1.82, 2.24) is 28.7 Å². The van der Waals surface area contributed by atoms with Gasteiger partial charge in [-0.05, 0) is 59.7 Å². The average Bonchev–Trinajstić information content (AvgIpc) is 4.00. The summed E-state index contributed by atoms with van der Waals surface area (Å²) < 4.78 is 7.16. The van der Waals surface area contributed by atoms with Crippen LogP contribution in [0, 0.1) is 0 Å². The monoisotopic (exact) mass is 804 g/mol. The van der Waals surface area contributed by atoms with E-state index in [-0.39, 0.29) is 0 Å². The summed E-state index contributed by atoms with van der Waals surface area (Å²) in [5.41, 5.74) is 12.7. The maximum Gasteiger partial charge on any atom is 0.238 e. The first-order chi connectivity index (χ1) is 31.3. The van der Waals surface area contributed by atoms with Crippen molar-refractivity contribution in [1.29, 1.82) is 0 Å². The summed E-state index contributed by atoms with van der Waals surface area (Å²) in [6.07, 6.45) is 0. The second kappa shape index (κ2) is 14.0. The van der Waals surface area contributed by atoms with Crippen molar-refractivity contribution in [3.8, 4) is 51.2 Å². The number of hydrogen-bond acceptors (Lipinski definition) is 3. The molecular weight excluding hydrogens is 769 g/mol. The zero-order valence-corrected chi connectivity index (χ0v) is 34.0. The number of rotatable bonds is 6. The number of hydrogen-bond donors (Lipinski definition) is 0. The van der Waals surface area contributed by atoms with Crippen molar-refractivity contribution < 1.29 is 0 Å². The lowest BCUT2D eigenvalue weighted by Gasteiger charge is -2.16. The number of nitrogens with zero attached hydrogens (tertiary/aromatic N) is 6. The number of aromatic nitrogens is 6. The Kier molecular flexibility index (Phi) is 7.80. The minimum Gasteiger partial charge on any atom is -0.309 e. The molecule has 0 amide bonds. The van der Waals surface area contributed by atoms with Crippen molar-refractivity contribution in [2.24, 2.45) is 0 Å². The van der Waals surface area contributed by atoms with E-state index in [2.05, 4.69) is 208 Å². The predicted molar refractivity (Wildman–Crippen MR) is 259 cm³/mol. The van der Waals surface area contributed by atoms with Gasteiger partial charge in [-0.25, -0.2) is 4.98 Å². The Morgan fingerprint density at radius 2 is 0.746 bits per heavy atom. The van der Waals surface area contributed by atoms with Crippen molar-refractivity contribution in [2.75, 3.05) is 0 Å². The van der Waals surface area contributed by atoms with Gasteiger partial charge in [-0.15, -0.1) is 0 Å². The zero-order valence-electron chi connectivity index (χ0n) is 34.0. The topological polar surface area (TPSA) is 53.5 Å². The van der Waals surface area contributed by atoms with Crippen LogP contribution in [-0.2, 0) is 0 Å². The lowest BCUT2D eigenvalue weighted by atomic mass is 10.0. The van der Waals surface area contributed by atoms with E-state index >= 15 is 0 Å². The van der Waals surface area contributed by atoms with Gasteiger partial charge in [-0.1, -0.05) is 170 Å². The minimum atomic E-state index is 0.541. The third-order valence-electron chi connectivity index (χ3n) is 12.5. The Hall–Kier alpha value is -8.61. The molecule has 0 aliphatic rings. The van der Waals surface area contributed by atoms with E-state index in [9.17, 15) is 0 Å². The minimum absolute atomic E-state index is 0.541. The summed E-state index contributed by atoms with van der Waals surface area (Å²) in [7, 11) is 0. The maximum atomic E-state index is 5.48. The highest BCUT2D eigenvalue weighted by Gasteiger charge is 2.27. The molecule has 9 aromatic carbocycles. The molecule has 0 spiro atoms. The molecule has 0 saturated carbocycles. The molecule has 0 radical (unpaired) electrons. The van der Waals surface area contributed by atoms with Crippen LogP contribution >= 0.6 is 0 Å². The Morgan fingerprint density at radius 3 is 1.38 bits per heavy atom. The number of para-hydroxylation sites is 5. The summed E-state index contributed by atoms with van der Waals surface area (Å²) in [6, 6.07) is 77.3. The summed E-state index contributed by atoms with van der Waals surface area (Å²) in [5.74, 6) is 1.74. The molecule has 0 unspecified atom stereocenters. The summed E-state index contributed by atoms with van der Waals surface area (Å²) in [6.45, 7) is 0. The molecule has 13 rings (SSSR count). The van der Waals surface area contributed by atoms with Crippen LogP contribution in [0.25, 0.3) is 117 Å². The average molecular weight is 805 g/mol. The Bertz CT molecular complexity index is 3850. The molecule has 0 aliphatic carbocycles. The molecule has 13 aromatic rings. The standard InChI is InChI=1S/C57H36N6/c1-4-19-37(20-5-1)39-23-18-24-40(35-39)56-58-55(38-21-6-2-7-22-38)59-57(60-56)63-50-34-17-13-30-45(50)52-53-46(44-29-12-14-31-47(44)61(53)41-25-8-3-9-26-41)36-51(54(52)63)62-48-32-15-10-27-42(48)43-28-11-16-33-49(43)62/h1-36H. The smallest absolute Gasteiger partial charge is 0.238 e. The van der Waals surface area contributed by atoms with Crippen LogP contribution in [0.2, 0.25) is 0 Å². The first kappa shape index (κ1) is 35.2. The largest absolute Gasteiger partial charge is 0.309 e. The van der Waals surface area contributed by atoms with E-state index in [4.69, 9.17) is 15.0 Å². The molecule has 6 nitrogen and oxygen atoms in total. The van der Waals surface area contributed by atoms with Crippen LogP contribution in [0.1, 0.15) is 0 Å². The van der Waals surface area contributed by atoms with Gasteiger partial charge in [0.05, 0.1) is 38.8 Å². The normalized spacial score (nSPS) is 11.8. The Labute approximate surface area is 362 Å². The van der Waals surface area contributed by atoms with Crippen LogP contribution in [0.5, 0.6) is 0 Å². The van der Waals surface area contributed by atoms with Crippen molar-refractivity contribution in [2.45, 2.75) is 0 Å². The van der Waals surface area contributed by atoms with E-state index in [0.29, 0.717) is 17.6 Å². The van der Waals surface area contributed by atoms with E-state index in [1.165, 1.54) is 21.5 Å². The zero-order chi connectivity index (χ0) is 41.4. The van der Waals surface area contributed by atoms with E-state index < -0.39 is 0 Å². The Balaban J connectivity index is 1.23. The second-order valence-corrected chi connectivity index (χ2v) is 16.0. The van der Waals surface area contributed by atoms with Crippen LogP contribution in [0.4, 0.5) is 0 Å². The van der Waals surface area contributed by atoms with Crippen molar-refractivity contribution in [3.05, 3.63) is 218 Å². The second-order valence-electron chi connectivity index (χ2n) is 16.0. The van der Waals surface area contributed by atoms with Gasteiger partial charge in [0.2, 0.25) is 5.95 Å². The van der Waals surface area contributed by atoms with E-state index in [1.807, 2.05) is 24.3 Å². The molecule has 0 fully saturated rings. The fourth-order valence-electron chi connectivity index (χ4n) is 9.77. The van der Waals surface area contributed by atoms with Crippen molar-refractivity contribution >= 4 is 65.4 Å². The summed E-state index contributed by atoms with van der Waals surface area (Å²) >= 11 is 0. The van der Waals surface area contributed by atoms with Gasteiger partial charge in [0.15, 0.2) is 11.6 Å². The number of benzene rings is 9. The van der Waals surface area contributed by atoms with Gasteiger partial charge in [0.25, 0.3) is 0 Å². The lowest BCUT2D eigenvalue weighted by molar-refractivity contribution is 0.950. The highest BCUT2D eigenvalue weighted by atomic mass is 15.2. The molecule has 294 valence electrons. The van der Waals surface area contributed by atoms with Crippen LogP contribution in [0.3, 0.4) is 0 Å². The third-order valence-corrected chi connectivity index (χ3v) is 12.5. The maximum absolute atomic E-state index is 5.48. The highest BCUT2D eigenvalue weighted by Crippen LogP contribution is 2.46. The van der Waals surface area contributed by atoms with E-state index in [0.717, 1.165) is 77.5 Å². The summed E-state index contributed by atoms with van der Waals surface area (Å²) in [4.78, 5) is 16.1. The molecular formula is C57H36N6. The quantitative estimate of drug-likeness (QED) is 0.168. The highest BCUT2D eigenvalue weighted by molar-refractivity contribution is 6.28. The van der Waals surface area contributed by atoms with Gasteiger partial charge in [-0.2, -0.15) is 9.97 Å². The van der Waals surface area contributed by atoms with Crippen molar-refractivity contribution in [3.63, 3.8) is 0 Å².